The van der Waals surface area contributed by atoms with Crippen LogP contribution in [0.15, 0.2) is 30.5 Å². The molecule has 1 aliphatic rings. The van der Waals surface area contributed by atoms with Crippen molar-refractivity contribution in [3.05, 3.63) is 47.3 Å². The summed E-state index contributed by atoms with van der Waals surface area (Å²) < 4.78 is 2.16. The van der Waals surface area contributed by atoms with E-state index in [-0.39, 0.29) is 0 Å². The number of nitrogens with one attached hydrogen (secondary N) is 1. The van der Waals surface area contributed by atoms with Crippen molar-refractivity contribution in [3.63, 3.8) is 0 Å². The monoisotopic (exact) mass is 269 g/mol. The largest absolute Gasteiger partial charge is 0.379 e. The second kappa shape index (κ2) is 5.70. The number of aryl methyl sites for hydroxylation is 2. The van der Waals surface area contributed by atoms with Crippen LogP contribution in [0.1, 0.15) is 48.5 Å². The van der Waals surface area contributed by atoms with E-state index in [1.807, 2.05) is 0 Å². The van der Waals surface area contributed by atoms with Crippen molar-refractivity contribution in [1.29, 1.82) is 0 Å². The molecule has 1 fully saturated rings. The Hall–Kier alpha value is -1.77. The molecule has 1 aromatic carbocycles. The molecular weight excluding hydrogens is 246 g/mol. The molecule has 0 bridgehead atoms. The maximum absolute atomic E-state index is 4.71. The second-order valence-electron chi connectivity index (χ2n) is 5.90. The molecule has 106 valence electrons. The maximum Gasteiger partial charge on any atom is 0.0815 e. The molecule has 0 radical (unpaired) electrons. The van der Waals surface area contributed by atoms with Crippen molar-refractivity contribution in [2.45, 2.75) is 52.1 Å². The van der Waals surface area contributed by atoms with Crippen LogP contribution in [0.2, 0.25) is 0 Å². The SMILES string of the molecule is Cc1ccc(NCc2ccn(C3CCCC3)n2)c(C)c1. The van der Waals surface area contributed by atoms with Gasteiger partial charge in [0.15, 0.2) is 0 Å². The number of benzene rings is 1. The molecule has 1 heterocycles. The summed E-state index contributed by atoms with van der Waals surface area (Å²) in [6.45, 7) is 5.07. The first-order valence-corrected chi connectivity index (χ1v) is 7.57. The molecule has 1 aromatic heterocycles. The highest BCUT2D eigenvalue weighted by Crippen LogP contribution is 2.28. The summed E-state index contributed by atoms with van der Waals surface area (Å²) in [6.07, 6.45) is 7.40. The van der Waals surface area contributed by atoms with Crippen LogP contribution in [0, 0.1) is 13.8 Å². The van der Waals surface area contributed by atoms with Crippen molar-refractivity contribution in [3.8, 4) is 0 Å². The van der Waals surface area contributed by atoms with Crippen molar-refractivity contribution in [1.82, 2.24) is 9.78 Å². The fourth-order valence-electron chi connectivity index (χ4n) is 3.04. The average Bonchev–Trinajstić information content (AvgIpc) is 3.08. The highest BCUT2D eigenvalue weighted by Gasteiger charge is 2.17. The molecule has 1 N–H and O–H groups in total. The van der Waals surface area contributed by atoms with Gasteiger partial charge in [-0.2, -0.15) is 5.10 Å². The molecule has 3 nitrogen and oxygen atoms in total. The van der Waals surface area contributed by atoms with Gasteiger partial charge in [-0.25, -0.2) is 0 Å². The second-order valence-corrected chi connectivity index (χ2v) is 5.90. The molecule has 0 amide bonds. The summed E-state index contributed by atoms with van der Waals surface area (Å²) in [7, 11) is 0. The molecular formula is C17H23N3. The molecule has 0 saturated heterocycles. The Kier molecular flexibility index (Phi) is 3.77. The van der Waals surface area contributed by atoms with E-state index in [1.165, 1.54) is 42.5 Å². The van der Waals surface area contributed by atoms with Crippen LogP contribution >= 0.6 is 0 Å². The van der Waals surface area contributed by atoms with Crippen molar-refractivity contribution in [2.24, 2.45) is 0 Å². The van der Waals surface area contributed by atoms with Crippen LogP contribution in [0.3, 0.4) is 0 Å². The summed E-state index contributed by atoms with van der Waals surface area (Å²) in [5.74, 6) is 0. The lowest BCUT2D eigenvalue weighted by Gasteiger charge is -2.10. The minimum Gasteiger partial charge on any atom is -0.379 e. The lowest BCUT2D eigenvalue weighted by Crippen LogP contribution is -2.07. The van der Waals surface area contributed by atoms with Crippen LogP contribution in [0.5, 0.6) is 0 Å². The van der Waals surface area contributed by atoms with Crippen LogP contribution in [0.25, 0.3) is 0 Å². The highest BCUT2D eigenvalue weighted by molar-refractivity contribution is 5.51. The summed E-state index contributed by atoms with van der Waals surface area (Å²) in [4.78, 5) is 0. The van der Waals surface area contributed by atoms with E-state index in [0.717, 1.165) is 12.2 Å². The Morgan fingerprint density at radius 1 is 1.20 bits per heavy atom. The number of anilines is 1. The number of rotatable bonds is 4. The van der Waals surface area contributed by atoms with Gasteiger partial charge in [-0.3, -0.25) is 4.68 Å². The molecule has 0 unspecified atom stereocenters. The normalized spacial score (nSPS) is 15.7. The fraction of sp³-hybridized carbons (Fsp3) is 0.471. The van der Waals surface area contributed by atoms with Crippen molar-refractivity contribution < 1.29 is 0 Å². The third-order valence-electron chi connectivity index (χ3n) is 4.20. The maximum atomic E-state index is 4.71. The molecule has 0 spiro atoms. The zero-order chi connectivity index (χ0) is 13.9. The van der Waals surface area contributed by atoms with E-state index in [2.05, 4.69) is 54.3 Å². The first-order chi connectivity index (χ1) is 9.72. The predicted octanol–water partition coefficient (Wildman–Crippen LogP) is 4.23. The van der Waals surface area contributed by atoms with E-state index >= 15 is 0 Å². The molecule has 1 aliphatic carbocycles. The third-order valence-corrected chi connectivity index (χ3v) is 4.20. The standard InChI is InChI=1S/C17H23N3/c1-13-7-8-17(14(2)11-13)18-12-15-9-10-20(19-15)16-5-3-4-6-16/h7-11,16,18H,3-6,12H2,1-2H3. The van der Waals surface area contributed by atoms with Crippen LogP contribution in [-0.4, -0.2) is 9.78 Å². The topological polar surface area (TPSA) is 29.9 Å². The van der Waals surface area contributed by atoms with E-state index in [0.29, 0.717) is 6.04 Å². The van der Waals surface area contributed by atoms with Gasteiger partial charge in [-0.15, -0.1) is 0 Å². The van der Waals surface area contributed by atoms with Crippen LogP contribution in [-0.2, 0) is 6.54 Å². The van der Waals surface area contributed by atoms with Crippen molar-refractivity contribution in [2.75, 3.05) is 5.32 Å². The number of hydrogen-bond acceptors (Lipinski definition) is 2. The van der Waals surface area contributed by atoms with E-state index in [9.17, 15) is 0 Å². The first-order valence-electron chi connectivity index (χ1n) is 7.57. The molecule has 2 aromatic rings. The fourth-order valence-corrected chi connectivity index (χ4v) is 3.04. The Labute approximate surface area is 121 Å². The Morgan fingerprint density at radius 2 is 2.00 bits per heavy atom. The summed E-state index contributed by atoms with van der Waals surface area (Å²) in [5, 5.41) is 8.19. The van der Waals surface area contributed by atoms with Gasteiger partial charge in [0.1, 0.15) is 0 Å². The summed E-state index contributed by atoms with van der Waals surface area (Å²) >= 11 is 0. The number of aromatic nitrogens is 2. The number of nitrogens with zero attached hydrogens (tertiary/aromatic N) is 2. The quantitative estimate of drug-likeness (QED) is 0.900. The number of hydrogen-bond donors (Lipinski definition) is 1. The van der Waals surface area contributed by atoms with Gasteiger partial charge in [0, 0.05) is 11.9 Å². The Morgan fingerprint density at radius 3 is 2.75 bits per heavy atom. The van der Waals surface area contributed by atoms with Gasteiger partial charge in [0.25, 0.3) is 0 Å². The zero-order valence-electron chi connectivity index (χ0n) is 12.4. The Balaban J connectivity index is 1.63. The molecule has 0 aliphatic heterocycles. The van der Waals surface area contributed by atoms with Gasteiger partial charge in [-0.05, 0) is 44.4 Å². The van der Waals surface area contributed by atoms with Gasteiger partial charge in [0.2, 0.25) is 0 Å². The predicted molar refractivity (Wildman–Crippen MR) is 83.0 cm³/mol. The highest BCUT2D eigenvalue weighted by atomic mass is 15.3. The van der Waals surface area contributed by atoms with Gasteiger partial charge in [-0.1, -0.05) is 30.5 Å². The summed E-state index contributed by atoms with van der Waals surface area (Å²) in [5.41, 5.74) is 4.92. The van der Waals surface area contributed by atoms with Gasteiger partial charge in [0.05, 0.1) is 18.3 Å². The van der Waals surface area contributed by atoms with Gasteiger partial charge >= 0.3 is 0 Å². The molecule has 0 atom stereocenters. The zero-order valence-corrected chi connectivity index (χ0v) is 12.4. The minimum absolute atomic E-state index is 0.630. The Bertz CT molecular complexity index is 580. The molecule has 3 heteroatoms. The average molecular weight is 269 g/mol. The van der Waals surface area contributed by atoms with Crippen LogP contribution < -0.4 is 5.32 Å². The molecule has 20 heavy (non-hydrogen) atoms. The van der Waals surface area contributed by atoms with Crippen molar-refractivity contribution >= 4 is 5.69 Å². The molecule has 3 rings (SSSR count). The summed E-state index contributed by atoms with van der Waals surface area (Å²) in [6, 6.07) is 9.27. The van der Waals surface area contributed by atoms with Gasteiger partial charge < -0.3 is 5.32 Å². The first kappa shape index (κ1) is 13.2. The lowest BCUT2D eigenvalue weighted by atomic mass is 10.1. The van der Waals surface area contributed by atoms with E-state index in [1.54, 1.807) is 0 Å². The van der Waals surface area contributed by atoms with E-state index in [4.69, 9.17) is 5.10 Å². The van der Waals surface area contributed by atoms with Crippen LogP contribution in [0.4, 0.5) is 5.69 Å². The van der Waals surface area contributed by atoms with E-state index < -0.39 is 0 Å². The third kappa shape index (κ3) is 2.87. The smallest absolute Gasteiger partial charge is 0.0815 e. The molecule has 1 saturated carbocycles. The minimum atomic E-state index is 0.630. The lowest BCUT2D eigenvalue weighted by molar-refractivity contribution is 0.463.